The van der Waals surface area contributed by atoms with Crippen LogP contribution in [0, 0.1) is 5.92 Å². The number of hydrogen-bond acceptors (Lipinski definition) is 8. The van der Waals surface area contributed by atoms with Gasteiger partial charge in [0.25, 0.3) is 6.43 Å². The minimum absolute atomic E-state index is 0.000816. The zero-order valence-electron chi connectivity index (χ0n) is 20.0. The molecule has 3 aromatic rings. The molecule has 0 saturated carbocycles. The summed E-state index contributed by atoms with van der Waals surface area (Å²) in [5, 5.41) is 6.32. The lowest BCUT2D eigenvalue weighted by Gasteiger charge is -2.42. The van der Waals surface area contributed by atoms with E-state index >= 15 is 0 Å². The number of anilines is 1. The Morgan fingerprint density at radius 2 is 1.92 bits per heavy atom. The molecule has 2 aromatic heterocycles. The molecule has 1 aliphatic rings. The monoisotopic (exact) mass is 546 g/mol. The number of hydrogen-bond donors (Lipinski definition) is 0. The summed E-state index contributed by atoms with van der Waals surface area (Å²) in [5.74, 6) is -0.217. The molecule has 0 N–H and O–H groups in total. The number of amides is 1. The molecule has 0 unspecified atom stereocenters. The van der Waals surface area contributed by atoms with Gasteiger partial charge in [-0.25, -0.2) is 18.1 Å². The summed E-state index contributed by atoms with van der Waals surface area (Å²) in [4.78, 5) is 28.8. The van der Waals surface area contributed by atoms with Gasteiger partial charge in [0, 0.05) is 38.1 Å². The molecule has 1 amide bonds. The van der Waals surface area contributed by atoms with Crippen LogP contribution in [0.1, 0.15) is 39.1 Å². The van der Waals surface area contributed by atoms with Crippen LogP contribution in [0.15, 0.2) is 21.8 Å². The normalized spacial score (nSPS) is 17.1. The lowest BCUT2D eigenvalue weighted by Crippen LogP contribution is -2.55. The highest BCUT2D eigenvalue weighted by atomic mass is 32.3. The van der Waals surface area contributed by atoms with E-state index in [0.29, 0.717) is 36.5 Å². The van der Waals surface area contributed by atoms with Gasteiger partial charge < -0.3 is 9.80 Å². The number of aromatic nitrogens is 4. The SMILES string of the molecule is CCn1c(=O)n(-c2nnc(C(F)F)s2)c2cc(S(=O)(=O)F)cc(N3CCN(C(=O)C(C)C)[C@H](C)C3)c21. The second kappa shape index (κ2) is 9.50. The molecule has 1 fully saturated rings. The average Bonchev–Trinajstić information content (AvgIpc) is 3.39. The zero-order valence-corrected chi connectivity index (χ0v) is 21.6. The minimum atomic E-state index is -5.19. The number of halogens is 3. The number of carbonyl (C=O) groups is 1. The maximum atomic E-state index is 14.2. The van der Waals surface area contributed by atoms with E-state index in [1.807, 2.05) is 6.92 Å². The van der Waals surface area contributed by atoms with E-state index in [9.17, 15) is 30.7 Å². The van der Waals surface area contributed by atoms with Crippen molar-refractivity contribution in [3.8, 4) is 5.13 Å². The number of alkyl halides is 2. The number of rotatable bonds is 6. The standard InChI is InChI=1S/C21H25F3N6O4S2/c1-5-28-16-14(27-6-7-29(12(4)10-27)19(31)11(2)3)8-13(36(24,33)34)9-15(16)30(21(28)32)20-26-25-18(35-20)17(22)23/h8-9,11-12,17H,5-7,10H2,1-4H3/t12-/m1/s1. The Morgan fingerprint density at radius 1 is 1.22 bits per heavy atom. The lowest BCUT2D eigenvalue weighted by atomic mass is 10.1. The van der Waals surface area contributed by atoms with Crippen LogP contribution >= 0.6 is 11.3 Å². The van der Waals surface area contributed by atoms with E-state index in [1.54, 1.807) is 30.6 Å². The number of fused-ring (bicyclic) bond motifs is 1. The van der Waals surface area contributed by atoms with E-state index in [1.165, 1.54) is 4.57 Å². The van der Waals surface area contributed by atoms with Gasteiger partial charge in [0.1, 0.15) is 4.90 Å². The van der Waals surface area contributed by atoms with Crippen LogP contribution < -0.4 is 10.6 Å². The van der Waals surface area contributed by atoms with Crippen molar-refractivity contribution in [2.45, 2.75) is 51.6 Å². The van der Waals surface area contributed by atoms with E-state index in [0.717, 1.165) is 16.7 Å². The minimum Gasteiger partial charge on any atom is -0.366 e. The Morgan fingerprint density at radius 3 is 2.44 bits per heavy atom. The molecule has 0 spiro atoms. The Hall–Kier alpha value is -2.94. The van der Waals surface area contributed by atoms with Crippen molar-refractivity contribution in [1.29, 1.82) is 0 Å². The molecule has 15 heteroatoms. The predicted octanol–water partition coefficient (Wildman–Crippen LogP) is 2.95. The van der Waals surface area contributed by atoms with Crippen molar-refractivity contribution in [3.05, 3.63) is 27.6 Å². The van der Waals surface area contributed by atoms with Gasteiger partial charge in [0.15, 0.2) is 5.01 Å². The molecule has 36 heavy (non-hydrogen) atoms. The first-order valence-electron chi connectivity index (χ1n) is 11.3. The molecule has 1 aromatic carbocycles. The van der Waals surface area contributed by atoms with Gasteiger partial charge in [-0.15, -0.1) is 14.1 Å². The average molecular weight is 547 g/mol. The smallest absolute Gasteiger partial charge is 0.335 e. The number of piperazine rings is 1. The van der Waals surface area contributed by atoms with Gasteiger partial charge >= 0.3 is 15.9 Å². The molecule has 4 rings (SSSR count). The third kappa shape index (κ3) is 4.49. The summed E-state index contributed by atoms with van der Waals surface area (Å²) in [5.41, 5.74) is -0.0651. The van der Waals surface area contributed by atoms with Crippen molar-refractivity contribution in [2.75, 3.05) is 24.5 Å². The fraction of sp³-hybridized carbons (Fsp3) is 0.524. The van der Waals surface area contributed by atoms with Crippen LogP contribution in [0.25, 0.3) is 16.2 Å². The fourth-order valence-corrected chi connectivity index (χ4v) is 5.66. The summed E-state index contributed by atoms with van der Waals surface area (Å²) >= 11 is 0.485. The molecule has 3 heterocycles. The summed E-state index contributed by atoms with van der Waals surface area (Å²) in [6.07, 6.45) is -2.91. The van der Waals surface area contributed by atoms with Crippen molar-refractivity contribution in [1.82, 2.24) is 24.2 Å². The molecular formula is C21H25F3N6O4S2. The van der Waals surface area contributed by atoms with Gasteiger partial charge in [-0.05, 0) is 26.0 Å². The second-order valence-electron chi connectivity index (χ2n) is 8.82. The Labute approximate surface area is 209 Å². The Balaban J connectivity index is 1.93. The number of benzene rings is 1. The van der Waals surface area contributed by atoms with Crippen molar-refractivity contribution in [3.63, 3.8) is 0 Å². The van der Waals surface area contributed by atoms with Gasteiger partial charge in [0.2, 0.25) is 11.0 Å². The first-order valence-corrected chi connectivity index (χ1v) is 13.5. The van der Waals surface area contributed by atoms with Gasteiger partial charge in [-0.2, -0.15) is 8.42 Å². The topological polar surface area (TPSA) is 110 Å². The highest BCUT2D eigenvalue weighted by molar-refractivity contribution is 7.86. The number of imidazole rings is 1. The van der Waals surface area contributed by atoms with Crippen LogP contribution in [0.2, 0.25) is 0 Å². The summed E-state index contributed by atoms with van der Waals surface area (Å²) in [6, 6.07) is 1.91. The van der Waals surface area contributed by atoms with Crippen LogP contribution in [0.4, 0.5) is 18.4 Å². The number of aryl methyl sites for hydroxylation is 1. The molecule has 196 valence electrons. The molecule has 0 aliphatic carbocycles. The van der Waals surface area contributed by atoms with Crippen LogP contribution in [-0.4, -0.2) is 64.2 Å². The maximum absolute atomic E-state index is 14.2. The first kappa shape index (κ1) is 26.1. The summed E-state index contributed by atoms with van der Waals surface area (Å²) in [6.45, 7) is 8.28. The molecule has 0 radical (unpaired) electrons. The third-order valence-corrected chi connectivity index (χ3v) is 7.84. The molecule has 0 bridgehead atoms. The quantitative estimate of drug-likeness (QED) is 0.437. The predicted molar refractivity (Wildman–Crippen MR) is 128 cm³/mol. The van der Waals surface area contributed by atoms with E-state index in [-0.39, 0.29) is 40.7 Å². The van der Waals surface area contributed by atoms with E-state index in [4.69, 9.17) is 0 Å². The zero-order chi connectivity index (χ0) is 26.5. The first-order chi connectivity index (χ1) is 16.8. The molecule has 1 atom stereocenters. The van der Waals surface area contributed by atoms with Crippen molar-refractivity contribution in [2.24, 2.45) is 5.92 Å². The molecular weight excluding hydrogens is 521 g/mol. The molecule has 10 nitrogen and oxygen atoms in total. The van der Waals surface area contributed by atoms with Gasteiger partial charge in [-0.1, -0.05) is 25.2 Å². The van der Waals surface area contributed by atoms with Crippen molar-refractivity contribution >= 4 is 44.2 Å². The van der Waals surface area contributed by atoms with Crippen molar-refractivity contribution < 1.29 is 25.9 Å². The summed E-state index contributed by atoms with van der Waals surface area (Å²) < 4.78 is 66.7. The Bertz CT molecular complexity index is 1480. The lowest BCUT2D eigenvalue weighted by molar-refractivity contribution is -0.136. The Kier molecular flexibility index (Phi) is 6.90. The number of nitrogens with zero attached hydrogens (tertiary/aromatic N) is 6. The van der Waals surface area contributed by atoms with Gasteiger partial charge in [0.05, 0.1) is 16.7 Å². The van der Waals surface area contributed by atoms with Crippen LogP contribution in [0.5, 0.6) is 0 Å². The number of carbonyl (C=O) groups excluding carboxylic acids is 1. The highest BCUT2D eigenvalue weighted by Gasteiger charge is 2.32. The maximum Gasteiger partial charge on any atom is 0.335 e. The molecule has 1 aliphatic heterocycles. The van der Waals surface area contributed by atoms with Crippen LogP contribution in [-0.2, 0) is 21.6 Å². The molecule has 1 saturated heterocycles. The van der Waals surface area contributed by atoms with E-state index < -0.39 is 32.2 Å². The second-order valence-corrected chi connectivity index (χ2v) is 11.1. The summed E-state index contributed by atoms with van der Waals surface area (Å²) in [7, 11) is -5.19. The largest absolute Gasteiger partial charge is 0.366 e. The van der Waals surface area contributed by atoms with Crippen LogP contribution in [0.3, 0.4) is 0 Å². The highest BCUT2D eigenvalue weighted by Crippen LogP contribution is 2.35. The fourth-order valence-electron chi connectivity index (χ4n) is 4.45. The van der Waals surface area contributed by atoms with Gasteiger partial charge in [-0.3, -0.25) is 9.36 Å². The third-order valence-electron chi connectivity index (χ3n) is 6.13. The van der Waals surface area contributed by atoms with E-state index in [2.05, 4.69) is 10.2 Å².